The zero-order chi connectivity index (χ0) is 31.3. The summed E-state index contributed by atoms with van der Waals surface area (Å²) in [7, 11) is 0. The van der Waals surface area contributed by atoms with Crippen LogP contribution in [0.5, 0.6) is 0 Å². The number of urea groups is 1. The predicted octanol–water partition coefficient (Wildman–Crippen LogP) is 1.47. The normalized spacial score (nSPS) is 17.0. The average molecular weight is 575 g/mol. The first-order valence-electron chi connectivity index (χ1n) is 13.9. The zero-order valence-corrected chi connectivity index (χ0v) is 24.9. The Hall–Kier alpha value is -3.64. The maximum absolute atomic E-state index is 13.1. The second-order valence-electron chi connectivity index (χ2n) is 11.5. The van der Waals surface area contributed by atoms with Gasteiger partial charge in [-0.05, 0) is 30.6 Å². The van der Waals surface area contributed by atoms with Crippen LogP contribution in [-0.2, 0) is 19.2 Å². The third-order valence-corrected chi connectivity index (χ3v) is 6.76. The molecule has 4 amide bonds. The van der Waals surface area contributed by atoms with E-state index in [0.717, 1.165) is 19.1 Å². The van der Waals surface area contributed by atoms with Crippen molar-refractivity contribution in [2.45, 2.75) is 91.4 Å². The van der Waals surface area contributed by atoms with E-state index in [1.807, 2.05) is 47.6 Å². The topological polar surface area (TPSA) is 194 Å². The van der Waals surface area contributed by atoms with E-state index in [1.54, 1.807) is 24.3 Å². The van der Waals surface area contributed by atoms with Crippen LogP contribution >= 0.6 is 0 Å². The SMILES string of the molecule is CC(C)C(NC(=O)NC(C(=O)N1CCCC1C=O)C(C)(C)C)C(=O)c1ccccc1.CCCC(NN)C(=O)C(N)=O. The highest BCUT2D eigenvalue weighted by molar-refractivity contribution is 6.37. The summed E-state index contributed by atoms with van der Waals surface area (Å²) < 4.78 is 0. The number of primary amides is 1. The molecule has 0 aromatic heterocycles. The van der Waals surface area contributed by atoms with Crippen LogP contribution in [0.1, 0.15) is 77.6 Å². The van der Waals surface area contributed by atoms with Crippen LogP contribution < -0.4 is 27.6 Å². The Bertz CT molecular complexity index is 1060. The Morgan fingerprint density at radius 1 is 1.07 bits per heavy atom. The fraction of sp³-hybridized carbons (Fsp3) is 0.586. The molecule has 1 saturated heterocycles. The molecule has 12 heteroatoms. The van der Waals surface area contributed by atoms with Crippen LogP contribution in [0, 0.1) is 11.3 Å². The number of hydrogen-bond acceptors (Lipinski definition) is 8. The molecule has 0 aliphatic carbocycles. The van der Waals surface area contributed by atoms with E-state index in [-0.39, 0.29) is 17.6 Å². The maximum atomic E-state index is 13.1. The summed E-state index contributed by atoms with van der Waals surface area (Å²) in [6.07, 6.45) is 3.49. The van der Waals surface area contributed by atoms with Crippen LogP contribution in [-0.4, -0.2) is 71.3 Å². The molecular formula is C29H46N6O6. The van der Waals surface area contributed by atoms with Gasteiger partial charge in [-0.2, -0.15) is 0 Å². The summed E-state index contributed by atoms with van der Waals surface area (Å²) in [4.78, 5) is 72.9. The predicted molar refractivity (Wildman–Crippen MR) is 155 cm³/mol. The van der Waals surface area contributed by atoms with Gasteiger partial charge >= 0.3 is 6.03 Å². The molecule has 41 heavy (non-hydrogen) atoms. The number of nitrogens with one attached hydrogen (secondary N) is 3. The van der Waals surface area contributed by atoms with Crippen molar-refractivity contribution in [1.29, 1.82) is 0 Å². The number of ketones is 2. The van der Waals surface area contributed by atoms with Crippen molar-refractivity contribution in [3.63, 3.8) is 0 Å². The summed E-state index contributed by atoms with van der Waals surface area (Å²) in [6, 6.07) is 5.61. The molecule has 12 nitrogen and oxygen atoms in total. The lowest BCUT2D eigenvalue weighted by atomic mass is 9.85. The molecule has 7 N–H and O–H groups in total. The molecule has 1 fully saturated rings. The van der Waals surface area contributed by atoms with Gasteiger partial charge in [-0.1, -0.05) is 78.3 Å². The van der Waals surface area contributed by atoms with Crippen molar-refractivity contribution in [2.75, 3.05) is 6.54 Å². The maximum Gasteiger partial charge on any atom is 0.316 e. The Kier molecular flexibility index (Phi) is 14.3. The Balaban J connectivity index is 0.000000646. The van der Waals surface area contributed by atoms with E-state index >= 15 is 0 Å². The first-order chi connectivity index (χ1) is 19.2. The quantitative estimate of drug-likeness (QED) is 0.0814. The number of carbonyl (C=O) groups excluding carboxylic acids is 6. The Labute approximate surface area is 242 Å². The first kappa shape index (κ1) is 35.4. The van der Waals surface area contributed by atoms with Crippen molar-refractivity contribution in [1.82, 2.24) is 21.0 Å². The summed E-state index contributed by atoms with van der Waals surface area (Å²) in [5.41, 5.74) is 6.94. The number of amides is 4. The van der Waals surface area contributed by atoms with Crippen LogP contribution in [0.2, 0.25) is 0 Å². The van der Waals surface area contributed by atoms with Crippen LogP contribution in [0.4, 0.5) is 4.79 Å². The van der Waals surface area contributed by atoms with Gasteiger partial charge in [0.25, 0.3) is 5.91 Å². The molecule has 1 aliphatic heterocycles. The van der Waals surface area contributed by atoms with Gasteiger partial charge in [-0.3, -0.25) is 25.0 Å². The third-order valence-electron chi connectivity index (χ3n) is 6.76. The third kappa shape index (κ3) is 10.7. The zero-order valence-electron chi connectivity index (χ0n) is 24.9. The molecule has 228 valence electrons. The highest BCUT2D eigenvalue weighted by Gasteiger charge is 2.40. The number of hydrogen-bond donors (Lipinski definition) is 5. The lowest BCUT2D eigenvalue weighted by Gasteiger charge is -2.35. The number of nitrogens with zero attached hydrogens (tertiary/aromatic N) is 1. The minimum atomic E-state index is -0.943. The fourth-order valence-corrected chi connectivity index (χ4v) is 4.40. The average Bonchev–Trinajstić information content (AvgIpc) is 3.41. The van der Waals surface area contributed by atoms with Crippen molar-refractivity contribution in [2.24, 2.45) is 22.9 Å². The summed E-state index contributed by atoms with van der Waals surface area (Å²) in [5, 5.41) is 5.51. The standard InChI is InChI=1S/C23H33N3O4.C6H13N3O2/c1-15(2)18(19(28)16-10-7-6-8-11-16)24-22(30)25-20(23(3,4)5)21(29)26-13-9-12-17(26)14-27;1-2-3-4(9-8)5(10)6(7)11/h6-8,10-11,14-15,17-18,20H,9,12-13H2,1-5H3,(H2,24,25,30);4,9H,2-3,8H2,1H3,(H2,7,11). The van der Waals surface area contributed by atoms with Gasteiger partial charge in [0, 0.05) is 12.1 Å². The number of hydrazine groups is 1. The molecule has 1 heterocycles. The second kappa shape index (κ2) is 16.6. The summed E-state index contributed by atoms with van der Waals surface area (Å²) >= 11 is 0. The number of aldehydes is 1. The number of Topliss-reactive ketones (excluding diaryl/α,β-unsaturated/α-hetero) is 2. The number of carbonyl (C=O) groups is 6. The molecule has 0 bridgehead atoms. The van der Waals surface area contributed by atoms with Gasteiger partial charge in [0.2, 0.25) is 11.7 Å². The minimum Gasteiger partial charge on any atom is -0.363 e. The van der Waals surface area contributed by atoms with Crippen LogP contribution in [0.15, 0.2) is 30.3 Å². The molecular weight excluding hydrogens is 528 g/mol. The van der Waals surface area contributed by atoms with E-state index in [1.165, 1.54) is 4.90 Å². The number of likely N-dealkylation sites (tertiary alicyclic amines) is 1. The molecule has 4 unspecified atom stereocenters. The van der Waals surface area contributed by atoms with Crippen molar-refractivity contribution in [3.05, 3.63) is 35.9 Å². The number of nitrogens with two attached hydrogens (primary N) is 2. The number of benzene rings is 1. The van der Waals surface area contributed by atoms with Crippen LogP contribution in [0.3, 0.4) is 0 Å². The van der Waals surface area contributed by atoms with E-state index < -0.39 is 47.3 Å². The van der Waals surface area contributed by atoms with Gasteiger partial charge < -0.3 is 26.1 Å². The second-order valence-corrected chi connectivity index (χ2v) is 11.5. The fourth-order valence-electron chi connectivity index (χ4n) is 4.40. The monoisotopic (exact) mass is 574 g/mol. The lowest BCUT2D eigenvalue weighted by Crippen LogP contribution is -2.59. The molecule has 1 aromatic rings. The van der Waals surface area contributed by atoms with Gasteiger partial charge in [-0.15, -0.1) is 0 Å². The highest BCUT2D eigenvalue weighted by Crippen LogP contribution is 2.25. The van der Waals surface area contributed by atoms with E-state index in [2.05, 4.69) is 16.1 Å². The number of rotatable bonds is 12. The van der Waals surface area contributed by atoms with Gasteiger partial charge in [-0.25, -0.2) is 10.2 Å². The Morgan fingerprint density at radius 2 is 1.68 bits per heavy atom. The summed E-state index contributed by atoms with van der Waals surface area (Å²) in [5.74, 6) is 2.83. The van der Waals surface area contributed by atoms with E-state index in [0.29, 0.717) is 24.9 Å². The van der Waals surface area contributed by atoms with E-state index in [9.17, 15) is 28.8 Å². The van der Waals surface area contributed by atoms with Crippen molar-refractivity contribution >= 4 is 35.7 Å². The molecule has 1 aromatic carbocycles. The molecule has 0 radical (unpaired) electrons. The smallest absolute Gasteiger partial charge is 0.316 e. The van der Waals surface area contributed by atoms with Gasteiger partial charge in [0.15, 0.2) is 5.78 Å². The highest BCUT2D eigenvalue weighted by atomic mass is 16.2. The summed E-state index contributed by atoms with van der Waals surface area (Å²) in [6.45, 7) is 11.7. The van der Waals surface area contributed by atoms with Crippen molar-refractivity contribution in [3.8, 4) is 0 Å². The molecule has 4 atom stereocenters. The lowest BCUT2D eigenvalue weighted by molar-refractivity contribution is -0.138. The van der Waals surface area contributed by atoms with Crippen molar-refractivity contribution < 1.29 is 28.8 Å². The molecule has 0 spiro atoms. The molecule has 2 rings (SSSR count). The molecule has 0 saturated carbocycles. The van der Waals surface area contributed by atoms with E-state index in [4.69, 9.17) is 11.6 Å². The first-order valence-corrected chi connectivity index (χ1v) is 13.9. The van der Waals surface area contributed by atoms with Gasteiger partial charge in [0.1, 0.15) is 12.3 Å². The minimum absolute atomic E-state index is 0.134. The van der Waals surface area contributed by atoms with Gasteiger partial charge in [0.05, 0.1) is 18.1 Å². The molecule has 1 aliphatic rings. The van der Waals surface area contributed by atoms with Crippen LogP contribution in [0.25, 0.3) is 0 Å². The Morgan fingerprint density at radius 3 is 2.15 bits per heavy atom. The largest absolute Gasteiger partial charge is 0.363 e.